The van der Waals surface area contributed by atoms with E-state index in [2.05, 4.69) is 4.98 Å². The van der Waals surface area contributed by atoms with Gasteiger partial charge in [0.15, 0.2) is 0 Å². The number of hydrogen-bond acceptors (Lipinski definition) is 3. The van der Waals surface area contributed by atoms with E-state index in [0.717, 1.165) is 0 Å². The van der Waals surface area contributed by atoms with Crippen LogP contribution in [0.1, 0.15) is 12.6 Å². The zero-order valence-electron chi connectivity index (χ0n) is 6.79. The largest absolute Gasteiger partial charge is 0.394 e. The van der Waals surface area contributed by atoms with Gasteiger partial charge in [0.1, 0.15) is 5.15 Å². The van der Waals surface area contributed by atoms with Gasteiger partial charge in [-0.15, -0.1) is 0 Å². The Hall–Kier alpha value is -0.640. The summed E-state index contributed by atoms with van der Waals surface area (Å²) in [4.78, 5) is 4.00. The van der Waals surface area contributed by atoms with Crippen molar-refractivity contribution in [3.63, 3.8) is 0 Å². The Morgan fingerprint density at radius 1 is 1.67 bits per heavy atom. The monoisotopic (exact) mass is 186 g/mol. The van der Waals surface area contributed by atoms with Crippen molar-refractivity contribution in [3.05, 3.63) is 29.0 Å². The highest BCUT2D eigenvalue weighted by molar-refractivity contribution is 6.29. The molecule has 0 amide bonds. The summed E-state index contributed by atoms with van der Waals surface area (Å²) < 4.78 is 0. The van der Waals surface area contributed by atoms with Crippen LogP contribution in [0.4, 0.5) is 0 Å². The molecule has 66 valence electrons. The van der Waals surface area contributed by atoms with Gasteiger partial charge in [-0.2, -0.15) is 0 Å². The summed E-state index contributed by atoms with van der Waals surface area (Å²) in [6.07, 6.45) is 0. The lowest BCUT2D eigenvalue weighted by Crippen LogP contribution is -2.37. The molecular weight excluding hydrogens is 176 g/mol. The minimum absolute atomic E-state index is 0.152. The molecule has 0 unspecified atom stereocenters. The molecule has 0 radical (unpaired) electrons. The number of halogens is 1. The van der Waals surface area contributed by atoms with Gasteiger partial charge in [0.05, 0.1) is 17.8 Å². The molecule has 0 bridgehead atoms. The van der Waals surface area contributed by atoms with Crippen LogP contribution in [0.5, 0.6) is 0 Å². The predicted octanol–water partition coefficient (Wildman–Crippen LogP) is 0.901. The highest BCUT2D eigenvalue weighted by atomic mass is 35.5. The van der Waals surface area contributed by atoms with E-state index in [1.54, 1.807) is 25.1 Å². The number of aromatic nitrogens is 1. The van der Waals surface area contributed by atoms with Gasteiger partial charge < -0.3 is 10.8 Å². The molecule has 1 rings (SSSR count). The molecule has 4 heteroatoms. The van der Waals surface area contributed by atoms with Crippen molar-refractivity contribution in [2.24, 2.45) is 5.73 Å². The maximum atomic E-state index is 8.93. The molecule has 0 saturated heterocycles. The minimum Gasteiger partial charge on any atom is -0.394 e. The lowest BCUT2D eigenvalue weighted by atomic mass is 10.0. The van der Waals surface area contributed by atoms with Crippen molar-refractivity contribution in [3.8, 4) is 0 Å². The van der Waals surface area contributed by atoms with E-state index >= 15 is 0 Å². The fraction of sp³-hybridized carbons (Fsp3) is 0.375. The van der Waals surface area contributed by atoms with Crippen molar-refractivity contribution >= 4 is 11.6 Å². The van der Waals surface area contributed by atoms with Gasteiger partial charge in [-0.05, 0) is 19.1 Å². The van der Waals surface area contributed by atoms with E-state index in [-0.39, 0.29) is 6.61 Å². The minimum atomic E-state index is -0.815. The summed E-state index contributed by atoms with van der Waals surface area (Å²) in [6.45, 7) is 1.55. The van der Waals surface area contributed by atoms with Crippen molar-refractivity contribution in [1.29, 1.82) is 0 Å². The van der Waals surface area contributed by atoms with Gasteiger partial charge in [0.25, 0.3) is 0 Å². The highest BCUT2D eigenvalue weighted by Gasteiger charge is 2.21. The SMILES string of the molecule is C[C@](N)(CO)c1cccc(Cl)n1. The highest BCUT2D eigenvalue weighted by Crippen LogP contribution is 2.16. The topological polar surface area (TPSA) is 59.1 Å². The molecule has 0 aromatic carbocycles. The standard InChI is InChI=1S/C8H11ClN2O/c1-8(10,5-12)6-3-2-4-7(9)11-6/h2-4,12H,5,10H2,1H3/t8-/m0/s1. The first-order chi connectivity index (χ1) is 5.56. The van der Waals surface area contributed by atoms with Gasteiger partial charge in [-0.1, -0.05) is 17.7 Å². The quantitative estimate of drug-likeness (QED) is 0.675. The van der Waals surface area contributed by atoms with Gasteiger partial charge in [-0.25, -0.2) is 4.98 Å². The molecule has 0 aliphatic rings. The number of rotatable bonds is 2. The van der Waals surface area contributed by atoms with Crippen LogP contribution in [0.3, 0.4) is 0 Å². The lowest BCUT2D eigenvalue weighted by Gasteiger charge is -2.20. The molecule has 3 nitrogen and oxygen atoms in total. The first-order valence-electron chi connectivity index (χ1n) is 3.59. The van der Waals surface area contributed by atoms with Gasteiger partial charge in [0, 0.05) is 0 Å². The predicted molar refractivity (Wildman–Crippen MR) is 47.9 cm³/mol. The first kappa shape index (κ1) is 9.45. The molecule has 3 N–H and O–H groups in total. The summed E-state index contributed by atoms with van der Waals surface area (Å²) in [5, 5.41) is 9.32. The van der Waals surface area contributed by atoms with Crippen molar-refractivity contribution in [2.45, 2.75) is 12.5 Å². The summed E-state index contributed by atoms with van der Waals surface area (Å²) in [5.74, 6) is 0. The summed E-state index contributed by atoms with van der Waals surface area (Å²) in [6, 6.07) is 5.16. The van der Waals surface area contributed by atoms with Crippen molar-refractivity contribution in [2.75, 3.05) is 6.61 Å². The first-order valence-corrected chi connectivity index (χ1v) is 3.97. The number of aliphatic hydroxyl groups is 1. The zero-order valence-corrected chi connectivity index (χ0v) is 7.54. The smallest absolute Gasteiger partial charge is 0.129 e. The number of hydrogen-bond donors (Lipinski definition) is 2. The molecular formula is C8H11ClN2O. The fourth-order valence-electron chi connectivity index (χ4n) is 0.807. The van der Waals surface area contributed by atoms with E-state index in [4.69, 9.17) is 22.4 Å². The van der Waals surface area contributed by atoms with Gasteiger partial charge in [-0.3, -0.25) is 0 Å². The second kappa shape index (κ2) is 3.39. The maximum absolute atomic E-state index is 8.93. The van der Waals surface area contributed by atoms with E-state index in [9.17, 15) is 0 Å². The molecule has 0 saturated carbocycles. The van der Waals surface area contributed by atoms with Gasteiger partial charge >= 0.3 is 0 Å². The third-order valence-corrected chi connectivity index (χ3v) is 1.84. The lowest BCUT2D eigenvalue weighted by molar-refractivity contribution is 0.207. The van der Waals surface area contributed by atoms with E-state index in [1.165, 1.54) is 0 Å². The van der Waals surface area contributed by atoms with Crippen LogP contribution in [0, 0.1) is 0 Å². The average molecular weight is 187 g/mol. The molecule has 0 fully saturated rings. The van der Waals surface area contributed by atoms with Crippen LogP contribution in [0.2, 0.25) is 5.15 Å². The molecule has 1 atom stereocenters. The number of nitrogens with zero attached hydrogens (tertiary/aromatic N) is 1. The van der Waals surface area contributed by atoms with Crippen LogP contribution >= 0.6 is 11.6 Å². The molecule has 0 aliphatic heterocycles. The number of aliphatic hydroxyl groups excluding tert-OH is 1. The molecule has 12 heavy (non-hydrogen) atoms. The molecule has 1 aromatic heterocycles. The van der Waals surface area contributed by atoms with Crippen molar-refractivity contribution in [1.82, 2.24) is 4.98 Å². The third-order valence-electron chi connectivity index (χ3n) is 1.63. The maximum Gasteiger partial charge on any atom is 0.129 e. The Balaban J connectivity index is 3.03. The Kier molecular flexibility index (Phi) is 2.67. The summed E-state index contributed by atoms with van der Waals surface area (Å²) >= 11 is 5.66. The molecule has 0 spiro atoms. The fourth-order valence-corrected chi connectivity index (χ4v) is 0.971. The van der Waals surface area contributed by atoms with Gasteiger partial charge in [0.2, 0.25) is 0 Å². The Morgan fingerprint density at radius 3 is 2.83 bits per heavy atom. The van der Waals surface area contributed by atoms with Crippen LogP contribution in [0.15, 0.2) is 18.2 Å². The Labute approximate surface area is 76.2 Å². The van der Waals surface area contributed by atoms with Crippen molar-refractivity contribution < 1.29 is 5.11 Å². The van der Waals surface area contributed by atoms with E-state index in [1.807, 2.05) is 0 Å². The second-order valence-electron chi connectivity index (χ2n) is 2.92. The summed E-state index contributed by atoms with van der Waals surface area (Å²) in [7, 11) is 0. The van der Waals surface area contributed by atoms with Crippen LogP contribution < -0.4 is 5.73 Å². The molecule has 1 heterocycles. The number of pyridine rings is 1. The zero-order chi connectivity index (χ0) is 9.19. The Morgan fingerprint density at radius 2 is 2.33 bits per heavy atom. The Bertz CT molecular complexity index is 276. The third kappa shape index (κ3) is 1.94. The molecule has 0 aliphatic carbocycles. The van der Waals surface area contributed by atoms with E-state index in [0.29, 0.717) is 10.8 Å². The average Bonchev–Trinajstić information content (AvgIpc) is 2.05. The van der Waals surface area contributed by atoms with Crippen LogP contribution in [-0.4, -0.2) is 16.7 Å². The van der Waals surface area contributed by atoms with Crippen LogP contribution in [0.25, 0.3) is 0 Å². The second-order valence-corrected chi connectivity index (χ2v) is 3.31. The normalized spacial score (nSPS) is 15.7. The molecule has 1 aromatic rings. The van der Waals surface area contributed by atoms with Crippen LogP contribution in [-0.2, 0) is 5.54 Å². The number of nitrogens with two attached hydrogens (primary N) is 1. The summed E-state index contributed by atoms with van der Waals surface area (Å²) in [5.41, 5.74) is 5.52. The van der Waals surface area contributed by atoms with E-state index < -0.39 is 5.54 Å².